The minimum atomic E-state index is -1.02. The van der Waals surface area contributed by atoms with Crippen LogP contribution < -0.4 is 36.1 Å². The Bertz CT molecular complexity index is 3430. The molecule has 0 spiro atoms. The Hall–Kier alpha value is -10.2. The molecular weight excluding hydrogens is 1130 g/mol. The first-order valence-corrected chi connectivity index (χ1v) is 27.2. The number of nitrogens with one attached hydrogen (secondary N) is 2. The maximum absolute atomic E-state index is 12.7. The number of aliphatic imine (C=N–C) groups is 1. The fourth-order valence-corrected chi connectivity index (χ4v) is 7.88. The number of pyridine rings is 2. The van der Waals surface area contributed by atoms with Gasteiger partial charge in [0.2, 0.25) is 12.2 Å². The van der Waals surface area contributed by atoms with Crippen LogP contribution >= 0.6 is 12.4 Å². The quantitative estimate of drug-likeness (QED) is 0.0129. The number of hydrogen-bond donors (Lipinski definition) is 6. The molecule has 0 aliphatic carbocycles. The van der Waals surface area contributed by atoms with Crippen molar-refractivity contribution >= 4 is 59.3 Å². The number of aromatic amines is 1. The number of aliphatic hydroxyl groups excluding tert-OH is 1. The van der Waals surface area contributed by atoms with E-state index in [2.05, 4.69) is 58.3 Å². The van der Waals surface area contributed by atoms with Crippen LogP contribution in [-0.2, 0) is 49.5 Å². The van der Waals surface area contributed by atoms with Crippen LogP contribution in [-0.4, -0.2) is 124 Å². The summed E-state index contributed by atoms with van der Waals surface area (Å²) in [6.45, 7) is 4.65. The van der Waals surface area contributed by atoms with Crippen LogP contribution in [0.4, 0.5) is 11.6 Å². The minimum Gasteiger partial charge on any atom is -0.488 e. The summed E-state index contributed by atoms with van der Waals surface area (Å²) in [4.78, 5) is 70.9. The predicted octanol–water partition coefficient (Wildman–Crippen LogP) is 6.96. The van der Waals surface area contributed by atoms with E-state index in [-0.39, 0.29) is 49.2 Å². The zero-order valence-corrected chi connectivity index (χ0v) is 49.5. The molecule has 0 bridgehead atoms. The number of fused-ring (bicyclic) bond motifs is 2. The number of nitrogens with two attached hydrogens (primary N) is 2. The number of carbonyl (C=O) groups is 4. The van der Waals surface area contributed by atoms with Crippen molar-refractivity contribution in [1.29, 1.82) is 5.26 Å². The number of imidazole rings is 1. The van der Waals surface area contributed by atoms with E-state index in [9.17, 15) is 19.2 Å². The lowest BCUT2D eigenvalue weighted by Gasteiger charge is -2.19. The first kappa shape index (κ1) is 69.3. The van der Waals surface area contributed by atoms with Crippen LogP contribution in [0.25, 0.3) is 0 Å². The van der Waals surface area contributed by atoms with Gasteiger partial charge < -0.3 is 51.0 Å². The summed E-state index contributed by atoms with van der Waals surface area (Å²) in [7, 11) is 3.25. The average molecular weight is 1200 g/mol. The Labute approximate surface area is 512 Å². The third-order valence-corrected chi connectivity index (χ3v) is 12.2. The summed E-state index contributed by atoms with van der Waals surface area (Å²) >= 11 is 0. The van der Waals surface area contributed by atoms with E-state index in [1.807, 2.05) is 115 Å². The molecular formula is C64H71ClN12O10. The highest BCUT2D eigenvalue weighted by Gasteiger charge is 2.32. The molecule has 8 N–H and O–H groups in total. The number of esters is 1. The molecule has 3 aliphatic heterocycles. The first-order chi connectivity index (χ1) is 41.7. The van der Waals surface area contributed by atoms with E-state index in [0.29, 0.717) is 79.1 Å². The lowest BCUT2D eigenvalue weighted by molar-refractivity contribution is -0.138. The zero-order chi connectivity index (χ0) is 62.1. The number of carbonyl (C=O) groups excluding carboxylic acids is 4. The molecule has 3 aromatic heterocycles. The van der Waals surface area contributed by atoms with Crippen molar-refractivity contribution in [2.24, 2.45) is 21.6 Å². The van der Waals surface area contributed by atoms with Crippen molar-refractivity contribution in [2.75, 3.05) is 50.3 Å². The van der Waals surface area contributed by atoms with Crippen LogP contribution in [0.5, 0.6) is 11.5 Å². The summed E-state index contributed by atoms with van der Waals surface area (Å²) in [6, 6.07) is 46.9. The predicted molar refractivity (Wildman–Crippen MR) is 333 cm³/mol. The van der Waals surface area contributed by atoms with Crippen molar-refractivity contribution in [3.63, 3.8) is 0 Å². The van der Waals surface area contributed by atoms with Crippen molar-refractivity contribution in [3.05, 3.63) is 210 Å². The number of aliphatic hydroxyl groups is 1. The van der Waals surface area contributed by atoms with E-state index in [1.54, 1.807) is 70.8 Å². The van der Waals surface area contributed by atoms with E-state index in [0.717, 1.165) is 28.8 Å². The van der Waals surface area contributed by atoms with Crippen molar-refractivity contribution < 1.29 is 48.4 Å². The summed E-state index contributed by atoms with van der Waals surface area (Å²) in [5, 5.41) is 30.5. The van der Waals surface area contributed by atoms with Gasteiger partial charge in [0.1, 0.15) is 42.7 Å². The van der Waals surface area contributed by atoms with Gasteiger partial charge in [0.05, 0.1) is 30.9 Å². The number of amidine groups is 1. The van der Waals surface area contributed by atoms with E-state index in [1.165, 1.54) is 21.6 Å². The highest BCUT2D eigenvalue weighted by atomic mass is 35.5. The molecule has 3 atom stereocenters. The van der Waals surface area contributed by atoms with Crippen LogP contribution in [0, 0.1) is 23.7 Å². The Morgan fingerprint density at radius 1 is 0.782 bits per heavy atom. The molecule has 87 heavy (non-hydrogen) atoms. The summed E-state index contributed by atoms with van der Waals surface area (Å²) < 4.78 is 20.5. The normalized spacial score (nSPS) is 14.7. The molecule has 22 nitrogen and oxygen atoms in total. The van der Waals surface area contributed by atoms with Crippen LogP contribution in [0.15, 0.2) is 186 Å². The molecule has 23 heteroatoms. The summed E-state index contributed by atoms with van der Waals surface area (Å²) in [5.41, 5.74) is 17.3. The largest absolute Gasteiger partial charge is 0.488 e. The molecule has 6 heterocycles. The number of nitriles is 1. The topological polar surface area (TPSA) is 319 Å². The van der Waals surface area contributed by atoms with Gasteiger partial charge in [0, 0.05) is 70.7 Å². The van der Waals surface area contributed by atoms with E-state index < -0.39 is 24.3 Å². The van der Waals surface area contributed by atoms with Gasteiger partial charge in [-0.05, 0) is 66.3 Å². The van der Waals surface area contributed by atoms with Crippen LogP contribution in [0.1, 0.15) is 58.8 Å². The van der Waals surface area contributed by atoms with Gasteiger partial charge in [-0.25, -0.2) is 19.7 Å². The number of aromatic nitrogens is 4. The number of amides is 3. The summed E-state index contributed by atoms with van der Waals surface area (Å²) in [6.07, 6.45) is 13.0. The first-order valence-electron chi connectivity index (χ1n) is 27.2. The number of terminal acetylenes is 1. The number of hydrogen-bond acceptors (Lipinski definition) is 17. The Morgan fingerprint density at radius 2 is 1.31 bits per heavy atom. The van der Waals surface area contributed by atoms with Gasteiger partial charge >= 0.3 is 5.97 Å². The molecule has 454 valence electrons. The van der Waals surface area contributed by atoms with Crippen molar-refractivity contribution in [1.82, 2.24) is 25.3 Å². The number of ether oxygens (including phenoxy) is 4. The van der Waals surface area contributed by atoms with E-state index >= 15 is 0 Å². The van der Waals surface area contributed by atoms with Crippen molar-refractivity contribution in [2.45, 2.75) is 64.3 Å². The minimum absolute atomic E-state index is 0. The number of oxime groups is 1. The Morgan fingerprint density at radius 3 is 1.83 bits per heavy atom. The fourth-order valence-electron chi connectivity index (χ4n) is 7.88. The molecule has 10 rings (SSSR count). The van der Waals surface area contributed by atoms with E-state index in [4.69, 9.17) is 47.7 Å². The summed E-state index contributed by atoms with van der Waals surface area (Å²) in [5.74, 6) is 3.81. The smallest absolute Gasteiger partial charge is 0.335 e. The maximum Gasteiger partial charge on any atom is 0.335 e. The van der Waals surface area contributed by atoms with Gasteiger partial charge in [0.25, 0.3) is 11.8 Å². The Kier molecular flexibility index (Phi) is 30.1. The number of benzene rings is 4. The molecule has 0 fully saturated rings. The second-order valence-electron chi connectivity index (χ2n) is 18.6. The van der Waals surface area contributed by atoms with Gasteiger partial charge in [-0.15, -0.1) is 18.8 Å². The van der Waals surface area contributed by atoms with Crippen molar-refractivity contribution in [3.8, 4) is 29.9 Å². The maximum atomic E-state index is 12.7. The number of rotatable bonds is 13. The number of likely N-dealkylation sites (N-methyl/N-ethyl adjacent to an activating group) is 2. The van der Waals surface area contributed by atoms with Gasteiger partial charge in [-0.3, -0.25) is 29.2 Å². The lowest BCUT2D eigenvalue weighted by atomic mass is 10.0. The zero-order valence-electron chi connectivity index (χ0n) is 48.6. The third-order valence-electron chi connectivity index (χ3n) is 12.2. The molecule has 3 aliphatic rings. The molecule has 4 aromatic carbocycles. The fraction of sp³-hybridized carbons (Fsp3) is 0.250. The van der Waals surface area contributed by atoms with Crippen LogP contribution in [0.2, 0.25) is 0 Å². The highest BCUT2D eigenvalue weighted by molar-refractivity contribution is 6.03. The standard InChI is InChI=1S/C20H19N5O3.C14H15NO2.C9H11N3O2.C8H10N2O.C8H7N.C5H8O2.ClH/c1-25-18-16(8-5-9-21-18)28-12-15(20(25)27)24-19(26)14-11-22-17(23-14)10-13-6-3-2-4-7-13;1-2-17-14(16)12-9-13(15-10-12)8-11-6-4-3-5-7-11;1-12-8-7(3-2-4-11-8)14-5-6(10)9(12)13;9-8(10-11)6-7-4-2-1-3-5-7;9-7-6-8-4-2-1-3-5-8;1-3-5(6)7-4-2;/h2-9,11,15H,10,12H2,1H3,(H,22,23)(H,24,26);3-7,10H,2,8-9H2,1H3;2-4,6H,5,10H2,1H3;1-5,11H,6H2,(H2,9,10);1-5H,6H2;1,5-6H,4H2,2H3;1H/t15-;;6-;;;;/m0.0..../s1. The molecule has 3 amide bonds. The lowest BCUT2D eigenvalue weighted by Crippen LogP contribution is -2.49. The number of nitrogens with zero attached hydrogens (tertiary/aromatic N) is 8. The van der Waals surface area contributed by atoms with Gasteiger partial charge in [-0.1, -0.05) is 126 Å². The van der Waals surface area contributed by atoms with Gasteiger partial charge in [-0.2, -0.15) is 5.26 Å². The average Bonchev–Trinajstić information content (AvgIpc) is 2.64. The molecule has 0 saturated heterocycles. The van der Waals surface area contributed by atoms with Crippen LogP contribution in [0.3, 0.4) is 0 Å². The monoisotopic (exact) mass is 1200 g/mol. The second kappa shape index (κ2) is 37.9. The molecule has 0 saturated carbocycles. The molecule has 1 unspecified atom stereocenters. The molecule has 0 radical (unpaired) electrons. The number of H-pyrrole nitrogens is 1. The highest BCUT2D eigenvalue weighted by Crippen LogP contribution is 2.28. The SMILES string of the molecule is C#CC(O)OCC.CCOC(=O)C1=CN=C(Cc2ccccc2)C1.CN1C(=O)[C@@H](N)COc2cccnc21.CN1C(=O)[C@@H](NC(=O)c2cnc(Cc3ccccc3)[nH]2)COc2cccnc21.Cl.N#CCc1ccccc1.N/C(Cc1ccccc1)=N\O. The third kappa shape index (κ3) is 23.4. The number of anilines is 2. The Balaban J connectivity index is 0.000000238. The van der Waals surface area contributed by atoms with Gasteiger partial charge in [0.15, 0.2) is 23.1 Å². The number of halogens is 1. The second-order valence-corrected chi connectivity index (χ2v) is 18.6. The molecule has 7 aromatic rings.